The Hall–Kier alpha value is -3.53. The number of allylic oxidation sites excluding steroid dienone is 18. The Labute approximate surface area is 394 Å². The monoisotopic (exact) mass is 949 g/mol. The highest BCUT2D eigenvalue weighted by Crippen LogP contribution is 2.47. The van der Waals surface area contributed by atoms with Crippen molar-refractivity contribution >= 4 is 19.8 Å². The van der Waals surface area contributed by atoms with E-state index in [1.54, 1.807) is 0 Å². The average Bonchev–Trinajstić information content (AvgIpc) is 3.30. The van der Waals surface area contributed by atoms with Gasteiger partial charge in [0.25, 0.3) is 0 Å². The van der Waals surface area contributed by atoms with E-state index in [4.69, 9.17) is 23.6 Å². The molecule has 1 aliphatic carbocycles. The maximum absolute atomic E-state index is 12.8. The summed E-state index contributed by atoms with van der Waals surface area (Å²) in [6.07, 6.45) is 40.1. The smallest absolute Gasteiger partial charge is 0.462 e. The van der Waals surface area contributed by atoms with Crippen LogP contribution < -0.4 is 0 Å². The van der Waals surface area contributed by atoms with Crippen LogP contribution in [-0.4, -0.2) is 110 Å². The molecule has 7 N–H and O–H groups in total. The molecule has 0 aromatic heterocycles. The SMILES string of the molecule is CC/C=C\C/C=C\C/C=C\C/C=C\C/C=C\CCCCCC(=O)OC[C@H](COP(=O)(O)OC1[C@H](O)[C@H](O)C(O)[C@H](O)[C@H]1O)OC(=O)CCC/C=C\C/C=C\C/C=C\C/C=C\CCCCCO. The zero-order valence-corrected chi connectivity index (χ0v) is 40.0. The van der Waals surface area contributed by atoms with Gasteiger partial charge in [-0.1, -0.05) is 129 Å². The summed E-state index contributed by atoms with van der Waals surface area (Å²) in [4.78, 5) is 35.7. The fourth-order valence-electron chi connectivity index (χ4n) is 6.34. The summed E-state index contributed by atoms with van der Waals surface area (Å²) in [5, 5.41) is 59.0. The van der Waals surface area contributed by atoms with E-state index in [1.165, 1.54) is 0 Å². The Morgan fingerprint density at radius 1 is 0.500 bits per heavy atom. The second-order valence-electron chi connectivity index (χ2n) is 15.9. The number of phosphoric acid groups is 1. The summed E-state index contributed by atoms with van der Waals surface area (Å²) in [7, 11) is -5.16. The first-order chi connectivity index (χ1) is 31.9. The molecule has 374 valence electrons. The van der Waals surface area contributed by atoms with Crippen molar-refractivity contribution < 1.29 is 68.2 Å². The quantitative estimate of drug-likeness (QED) is 0.0133. The third-order valence-corrected chi connectivity index (χ3v) is 11.1. The maximum Gasteiger partial charge on any atom is 0.472 e. The molecule has 1 saturated carbocycles. The number of hydrogen-bond donors (Lipinski definition) is 7. The van der Waals surface area contributed by atoms with Crippen LogP contribution in [0.2, 0.25) is 0 Å². The Kier molecular flexibility index (Phi) is 37.1. The van der Waals surface area contributed by atoms with Crippen molar-refractivity contribution in [1.29, 1.82) is 0 Å². The molecule has 3 unspecified atom stereocenters. The molecule has 0 aliphatic heterocycles. The molecule has 8 atom stereocenters. The Morgan fingerprint density at radius 3 is 1.35 bits per heavy atom. The first-order valence-corrected chi connectivity index (χ1v) is 25.3. The van der Waals surface area contributed by atoms with Crippen LogP contribution >= 0.6 is 7.82 Å². The summed E-state index contributed by atoms with van der Waals surface area (Å²) < 4.78 is 33.4. The van der Waals surface area contributed by atoms with Crippen molar-refractivity contribution in [2.24, 2.45) is 0 Å². The lowest BCUT2D eigenvalue weighted by molar-refractivity contribution is -0.220. The van der Waals surface area contributed by atoms with E-state index in [0.29, 0.717) is 19.3 Å². The second-order valence-corrected chi connectivity index (χ2v) is 17.4. The van der Waals surface area contributed by atoms with Gasteiger partial charge in [-0.2, -0.15) is 0 Å². The van der Waals surface area contributed by atoms with E-state index in [1.807, 2.05) is 12.2 Å². The van der Waals surface area contributed by atoms with Crippen molar-refractivity contribution in [3.8, 4) is 0 Å². The molecule has 0 spiro atoms. The number of phosphoric ester groups is 1. The number of esters is 2. The molecule has 0 aromatic rings. The standard InChI is InChI=1S/C51H81O14P/c1-2-3-4-5-6-7-8-9-10-11-12-14-17-20-23-26-29-32-35-38-44(53)62-41-43(42-63-66(60,61)65-51-49(58)47(56)46(55)48(57)50(51)59)64-45(54)39-36-33-30-27-24-21-18-15-13-16-19-22-25-28-31-34-37-40-52/h3-4,6-7,9-10,12-14,16,18,20-23,25,27,30,43,46-52,55-59H,2,5,8,11,15,17,19,24,26,28-29,31-42H2,1H3,(H,60,61)/b4-3-,7-6-,10-9-,14-12-,16-13-,21-18-,23-20-,25-22-,30-27-/t43-,46?,47-,48+,49-,50-,51?/m1/s1. The molecule has 0 radical (unpaired) electrons. The summed E-state index contributed by atoms with van der Waals surface area (Å²) >= 11 is 0. The van der Waals surface area contributed by atoms with Crippen molar-refractivity contribution in [3.05, 3.63) is 109 Å². The van der Waals surface area contributed by atoms with Crippen molar-refractivity contribution in [2.75, 3.05) is 19.8 Å². The van der Waals surface area contributed by atoms with Gasteiger partial charge in [-0.15, -0.1) is 0 Å². The largest absolute Gasteiger partial charge is 0.472 e. The average molecular weight is 949 g/mol. The van der Waals surface area contributed by atoms with Gasteiger partial charge in [0.2, 0.25) is 0 Å². The normalized spacial score (nSPS) is 22.2. The van der Waals surface area contributed by atoms with Gasteiger partial charge in [0.1, 0.15) is 43.2 Å². The Bertz CT molecular complexity index is 1560. The van der Waals surface area contributed by atoms with E-state index in [0.717, 1.165) is 96.3 Å². The molecule has 15 heteroatoms. The first kappa shape index (κ1) is 60.5. The number of ether oxygens (including phenoxy) is 2. The number of carbonyl (C=O) groups excluding carboxylic acids is 2. The maximum atomic E-state index is 12.8. The van der Waals surface area contributed by atoms with Gasteiger partial charge >= 0.3 is 19.8 Å². The van der Waals surface area contributed by atoms with Crippen molar-refractivity contribution in [1.82, 2.24) is 0 Å². The molecule has 66 heavy (non-hydrogen) atoms. The highest BCUT2D eigenvalue weighted by Gasteiger charge is 2.51. The van der Waals surface area contributed by atoms with Crippen LogP contribution in [0.3, 0.4) is 0 Å². The predicted octanol–water partition coefficient (Wildman–Crippen LogP) is 8.58. The number of hydrogen-bond acceptors (Lipinski definition) is 13. The van der Waals surface area contributed by atoms with E-state index >= 15 is 0 Å². The first-order valence-electron chi connectivity index (χ1n) is 23.8. The van der Waals surface area contributed by atoms with Gasteiger partial charge < -0.3 is 45.0 Å². The van der Waals surface area contributed by atoms with Gasteiger partial charge in [0, 0.05) is 19.4 Å². The van der Waals surface area contributed by atoms with Gasteiger partial charge in [-0.05, 0) is 103 Å². The number of unbranched alkanes of at least 4 members (excludes halogenated alkanes) is 7. The van der Waals surface area contributed by atoms with Gasteiger partial charge in [-0.25, -0.2) is 4.57 Å². The summed E-state index contributed by atoms with van der Waals surface area (Å²) in [6.45, 7) is 1.10. The number of aliphatic hydroxyl groups is 6. The van der Waals surface area contributed by atoms with Crippen LogP contribution in [0.4, 0.5) is 0 Å². The van der Waals surface area contributed by atoms with Gasteiger partial charge in [-0.3, -0.25) is 18.6 Å². The summed E-state index contributed by atoms with van der Waals surface area (Å²) in [6, 6.07) is 0. The van der Waals surface area contributed by atoms with E-state index < -0.39 is 75.7 Å². The highest BCUT2D eigenvalue weighted by molar-refractivity contribution is 7.47. The molecular weight excluding hydrogens is 868 g/mol. The minimum atomic E-state index is -5.16. The third kappa shape index (κ3) is 32.2. The minimum Gasteiger partial charge on any atom is -0.462 e. The topological polar surface area (TPSA) is 230 Å². The van der Waals surface area contributed by atoms with Crippen LogP contribution in [0.15, 0.2) is 109 Å². The molecule has 0 amide bonds. The van der Waals surface area contributed by atoms with Crippen LogP contribution in [0.1, 0.15) is 135 Å². The molecule has 1 fully saturated rings. The molecule has 1 aliphatic rings. The molecular formula is C51H81O14P. The molecule has 1 rings (SSSR count). The van der Waals surface area contributed by atoms with E-state index in [2.05, 4.69) is 104 Å². The summed E-state index contributed by atoms with van der Waals surface area (Å²) in [5.41, 5.74) is 0. The van der Waals surface area contributed by atoms with E-state index in [-0.39, 0.29) is 19.4 Å². The lowest BCUT2D eigenvalue weighted by Crippen LogP contribution is -2.64. The lowest BCUT2D eigenvalue weighted by atomic mass is 9.85. The van der Waals surface area contributed by atoms with Crippen LogP contribution in [0, 0.1) is 0 Å². The molecule has 0 bridgehead atoms. The van der Waals surface area contributed by atoms with Crippen molar-refractivity contribution in [2.45, 2.75) is 178 Å². The van der Waals surface area contributed by atoms with Gasteiger partial charge in [0.15, 0.2) is 6.10 Å². The zero-order valence-electron chi connectivity index (χ0n) is 39.1. The number of aliphatic hydroxyl groups excluding tert-OH is 6. The fourth-order valence-corrected chi connectivity index (χ4v) is 7.32. The van der Waals surface area contributed by atoms with Gasteiger partial charge in [0.05, 0.1) is 6.61 Å². The highest BCUT2D eigenvalue weighted by atomic mass is 31.2. The molecule has 0 heterocycles. The third-order valence-electron chi connectivity index (χ3n) is 10.2. The number of rotatable bonds is 38. The van der Waals surface area contributed by atoms with Crippen molar-refractivity contribution in [3.63, 3.8) is 0 Å². The lowest BCUT2D eigenvalue weighted by Gasteiger charge is -2.41. The minimum absolute atomic E-state index is 0.00371. The molecule has 14 nitrogen and oxygen atoms in total. The number of carbonyl (C=O) groups is 2. The zero-order chi connectivity index (χ0) is 48.5. The Balaban J connectivity index is 2.52. The molecule has 0 aromatic carbocycles. The summed E-state index contributed by atoms with van der Waals surface area (Å²) in [5.74, 6) is -1.23. The molecule has 0 saturated heterocycles. The van der Waals surface area contributed by atoms with E-state index in [9.17, 15) is 44.6 Å². The second kappa shape index (κ2) is 40.5. The van der Waals surface area contributed by atoms with Crippen LogP contribution in [0.5, 0.6) is 0 Å². The fraction of sp³-hybridized carbons (Fsp3) is 0.608. The van der Waals surface area contributed by atoms with Crippen LogP contribution in [-0.2, 0) is 32.7 Å². The Morgan fingerprint density at radius 2 is 0.894 bits per heavy atom. The van der Waals surface area contributed by atoms with Crippen LogP contribution in [0.25, 0.3) is 0 Å². The predicted molar refractivity (Wildman–Crippen MR) is 259 cm³/mol.